The zero-order valence-electron chi connectivity index (χ0n) is 28.4. The van der Waals surface area contributed by atoms with E-state index in [9.17, 15) is 48.9 Å². The molecule has 1 rings (SSSR count). The summed E-state index contributed by atoms with van der Waals surface area (Å²) in [4.78, 5) is 89.9. The van der Waals surface area contributed by atoms with Crippen LogP contribution in [0, 0.1) is 5.92 Å². The quantitative estimate of drug-likeness (QED) is 0.0635. The standard InChI is InChI=1S/C29H49N9O11/c1-13(2)19(24(44)34-17(10-39)27(47)48)36-25(45)20(14(3)4)35-23(43)18-8-7-9-32-38(18)26(46)21(15(5)30)37-22(42)16(6)33-28(49)29(31,11-40)12-41/h9,14-18,20-21,39-41H,7-8,10-12,30-31H2,1-6H3,(H,33,49)(H,34,44)(H,35,43)(H,36,45)(H,37,42)(H,47,48)/t15-,16-,17-,18-,20-,21-/m0/s1. The molecule has 1 aliphatic heterocycles. The molecule has 13 N–H and O–H groups in total. The van der Waals surface area contributed by atoms with E-state index < -0.39 is 109 Å². The minimum absolute atomic E-state index is 0.0693. The van der Waals surface area contributed by atoms with Gasteiger partial charge < -0.3 is 58.5 Å². The molecule has 0 unspecified atom stereocenters. The molecule has 0 saturated heterocycles. The predicted octanol–water partition coefficient (Wildman–Crippen LogP) is -4.91. The third-order valence-corrected chi connectivity index (χ3v) is 7.45. The van der Waals surface area contributed by atoms with E-state index in [4.69, 9.17) is 16.6 Å². The summed E-state index contributed by atoms with van der Waals surface area (Å²) < 4.78 is 0. The number of carboxylic acid groups (broad SMARTS) is 1. The number of carbonyl (C=O) groups excluding carboxylic acids is 6. The van der Waals surface area contributed by atoms with Crippen LogP contribution in [0.15, 0.2) is 16.4 Å². The SMILES string of the molecule is CC(C)=C(NC(=O)[C@@H](NC(=O)[C@@H]1CCC=NN1C(=O)[C@@H](NC(=O)[C@H](C)NC(=O)C(N)(CO)CO)[C@H](C)N)C(C)C)C(=O)N[C@@H](CO)C(=O)O. The molecule has 1 aliphatic rings. The van der Waals surface area contributed by atoms with Crippen LogP contribution in [0.1, 0.15) is 54.4 Å². The Morgan fingerprint density at radius 3 is 1.98 bits per heavy atom. The number of aliphatic hydroxyl groups is 3. The topological polar surface area (TPSA) is 328 Å². The maximum atomic E-state index is 13.7. The highest BCUT2D eigenvalue weighted by Crippen LogP contribution is 2.17. The fourth-order valence-corrected chi connectivity index (χ4v) is 4.28. The summed E-state index contributed by atoms with van der Waals surface area (Å²) in [5.41, 5.74) is 9.57. The highest BCUT2D eigenvalue weighted by molar-refractivity contribution is 6.02. The van der Waals surface area contributed by atoms with Crippen LogP contribution in [0.4, 0.5) is 0 Å². The van der Waals surface area contributed by atoms with Gasteiger partial charge in [0.15, 0.2) is 6.04 Å². The fraction of sp³-hybridized carbons (Fsp3) is 0.655. The third-order valence-electron chi connectivity index (χ3n) is 7.45. The maximum Gasteiger partial charge on any atom is 0.328 e. The number of nitrogens with one attached hydrogen (secondary N) is 5. The van der Waals surface area contributed by atoms with Gasteiger partial charge in [0, 0.05) is 12.3 Å². The minimum Gasteiger partial charge on any atom is -0.480 e. The van der Waals surface area contributed by atoms with Crippen molar-refractivity contribution in [2.24, 2.45) is 22.5 Å². The second-order valence-corrected chi connectivity index (χ2v) is 12.2. The molecule has 0 aromatic heterocycles. The summed E-state index contributed by atoms with van der Waals surface area (Å²) in [5.74, 6) is -7.46. The van der Waals surface area contributed by atoms with Crippen molar-refractivity contribution in [2.45, 2.75) is 96.2 Å². The molecule has 0 bridgehead atoms. The number of nitrogens with zero attached hydrogens (tertiary/aromatic N) is 2. The first-order valence-electron chi connectivity index (χ1n) is 15.4. The molecule has 0 aromatic carbocycles. The van der Waals surface area contributed by atoms with Gasteiger partial charge in [0.05, 0.1) is 19.8 Å². The summed E-state index contributed by atoms with van der Waals surface area (Å²) in [7, 11) is 0. The van der Waals surface area contributed by atoms with E-state index in [1.807, 2.05) is 0 Å². The van der Waals surface area contributed by atoms with E-state index in [2.05, 4.69) is 31.7 Å². The summed E-state index contributed by atoms with van der Waals surface area (Å²) in [5, 5.41) is 53.7. The van der Waals surface area contributed by atoms with Crippen molar-refractivity contribution in [1.29, 1.82) is 0 Å². The van der Waals surface area contributed by atoms with E-state index >= 15 is 0 Å². The maximum absolute atomic E-state index is 13.7. The lowest BCUT2D eigenvalue weighted by Crippen LogP contribution is -2.64. The summed E-state index contributed by atoms with van der Waals surface area (Å²) in [6, 6.07) is -7.94. The van der Waals surface area contributed by atoms with Crippen LogP contribution in [0.3, 0.4) is 0 Å². The molecule has 276 valence electrons. The van der Waals surface area contributed by atoms with Gasteiger partial charge in [0.1, 0.15) is 35.4 Å². The van der Waals surface area contributed by atoms with E-state index in [1.165, 1.54) is 33.9 Å². The zero-order valence-corrected chi connectivity index (χ0v) is 28.4. The highest BCUT2D eigenvalue weighted by atomic mass is 16.4. The third kappa shape index (κ3) is 11.6. The second kappa shape index (κ2) is 18.9. The number of carbonyl (C=O) groups is 7. The number of carboxylic acids is 1. The zero-order chi connectivity index (χ0) is 37.8. The number of hydrazone groups is 1. The first-order chi connectivity index (χ1) is 22.8. The lowest BCUT2D eigenvalue weighted by atomic mass is 10.0. The number of nitrogens with two attached hydrogens (primary N) is 2. The number of aliphatic hydroxyl groups excluding tert-OH is 3. The van der Waals surface area contributed by atoms with Crippen molar-refractivity contribution >= 4 is 47.6 Å². The van der Waals surface area contributed by atoms with Gasteiger partial charge in [-0.3, -0.25) is 28.8 Å². The molecule has 20 heteroatoms. The minimum atomic E-state index is -2.07. The molecule has 6 atom stereocenters. The van der Waals surface area contributed by atoms with E-state index in [0.29, 0.717) is 5.57 Å². The molecular formula is C29H49N9O11. The Morgan fingerprint density at radius 2 is 1.51 bits per heavy atom. The summed E-state index contributed by atoms with van der Waals surface area (Å²) in [6.45, 7) is 6.13. The van der Waals surface area contributed by atoms with Crippen LogP contribution < -0.4 is 38.1 Å². The van der Waals surface area contributed by atoms with Crippen molar-refractivity contribution in [1.82, 2.24) is 31.6 Å². The monoisotopic (exact) mass is 699 g/mol. The fourth-order valence-electron chi connectivity index (χ4n) is 4.28. The number of aliphatic carboxylic acids is 1. The van der Waals surface area contributed by atoms with Gasteiger partial charge in [-0.15, -0.1) is 0 Å². The molecular weight excluding hydrogens is 650 g/mol. The number of hydrogen-bond acceptors (Lipinski definition) is 13. The molecule has 0 fully saturated rings. The molecule has 49 heavy (non-hydrogen) atoms. The Labute approximate surface area is 283 Å². The summed E-state index contributed by atoms with van der Waals surface area (Å²) >= 11 is 0. The van der Waals surface area contributed by atoms with Crippen molar-refractivity contribution in [3.05, 3.63) is 11.3 Å². The average Bonchev–Trinajstić information content (AvgIpc) is 3.05. The first-order valence-corrected chi connectivity index (χ1v) is 15.4. The van der Waals surface area contributed by atoms with Crippen LogP contribution >= 0.6 is 0 Å². The van der Waals surface area contributed by atoms with Gasteiger partial charge in [0.2, 0.25) is 23.6 Å². The van der Waals surface area contributed by atoms with Gasteiger partial charge >= 0.3 is 5.97 Å². The highest BCUT2D eigenvalue weighted by Gasteiger charge is 2.40. The Hall–Kier alpha value is -4.50. The Bertz CT molecular complexity index is 1310. The predicted molar refractivity (Wildman–Crippen MR) is 173 cm³/mol. The lowest BCUT2D eigenvalue weighted by molar-refractivity contribution is -0.145. The molecule has 0 aliphatic carbocycles. The van der Waals surface area contributed by atoms with Crippen molar-refractivity contribution in [3.8, 4) is 0 Å². The lowest BCUT2D eigenvalue weighted by Gasteiger charge is -2.34. The Kier molecular flexibility index (Phi) is 16.4. The number of hydrogen-bond donors (Lipinski definition) is 11. The van der Waals surface area contributed by atoms with Gasteiger partial charge in [-0.05, 0) is 52.0 Å². The average molecular weight is 700 g/mol. The molecule has 0 saturated carbocycles. The van der Waals surface area contributed by atoms with Gasteiger partial charge in [-0.2, -0.15) is 5.10 Å². The van der Waals surface area contributed by atoms with Gasteiger partial charge in [0.25, 0.3) is 11.8 Å². The molecule has 1 heterocycles. The van der Waals surface area contributed by atoms with Gasteiger partial charge in [-0.1, -0.05) is 13.8 Å². The number of rotatable bonds is 17. The normalized spacial score (nSPS) is 17.5. The molecule has 20 nitrogen and oxygen atoms in total. The number of allylic oxidation sites excluding steroid dienone is 1. The Balaban J connectivity index is 3.18. The molecule has 0 aromatic rings. The molecule has 0 radical (unpaired) electrons. The van der Waals surface area contributed by atoms with Gasteiger partial charge in [-0.25, -0.2) is 9.80 Å². The van der Waals surface area contributed by atoms with Crippen LogP contribution in [0.2, 0.25) is 0 Å². The van der Waals surface area contributed by atoms with Crippen LogP contribution in [-0.4, -0.2) is 135 Å². The van der Waals surface area contributed by atoms with E-state index in [1.54, 1.807) is 13.8 Å². The number of amides is 6. The second-order valence-electron chi connectivity index (χ2n) is 12.2. The van der Waals surface area contributed by atoms with Crippen LogP contribution in [0.5, 0.6) is 0 Å². The largest absolute Gasteiger partial charge is 0.480 e. The van der Waals surface area contributed by atoms with E-state index in [0.717, 1.165) is 5.01 Å². The Morgan fingerprint density at radius 1 is 0.918 bits per heavy atom. The molecule has 0 spiro atoms. The van der Waals surface area contributed by atoms with Crippen molar-refractivity contribution in [3.63, 3.8) is 0 Å². The van der Waals surface area contributed by atoms with E-state index in [-0.39, 0.29) is 18.5 Å². The van der Waals surface area contributed by atoms with Crippen molar-refractivity contribution in [2.75, 3.05) is 19.8 Å². The van der Waals surface area contributed by atoms with Crippen LogP contribution in [0.25, 0.3) is 0 Å². The van der Waals surface area contributed by atoms with Crippen LogP contribution in [-0.2, 0) is 33.6 Å². The smallest absolute Gasteiger partial charge is 0.328 e. The first kappa shape index (κ1) is 42.5. The van der Waals surface area contributed by atoms with Crippen molar-refractivity contribution < 1.29 is 54.0 Å². The summed E-state index contributed by atoms with van der Waals surface area (Å²) in [6.07, 6.45) is 1.71. The molecule has 6 amide bonds.